The summed E-state index contributed by atoms with van der Waals surface area (Å²) in [4.78, 5) is 11.6. The normalized spacial score (nSPS) is 11.5. The predicted octanol–water partition coefficient (Wildman–Crippen LogP) is 2.65. The molecule has 0 saturated carbocycles. The Morgan fingerprint density at radius 2 is 2.13 bits per heavy atom. The van der Waals surface area contributed by atoms with Gasteiger partial charge >= 0.3 is 5.97 Å². The van der Waals surface area contributed by atoms with Gasteiger partial charge in [-0.25, -0.2) is 4.79 Å². The number of esters is 1. The maximum absolute atomic E-state index is 11.6. The molecule has 0 saturated heterocycles. The van der Waals surface area contributed by atoms with Crippen molar-refractivity contribution in [3.8, 4) is 12.3 Å². The molecule has 0 heterocycles. The second kappa shape index (κ2) is 5.87. The molecule has 1 aromatic carbocycles. The number of ether oxygens (including phenoxy) is 1. The molecule has 2 heteroatoms. The summed E-state index contributed by atoms with van der Waals surface area (Å²) in [5, 5.41) is 0. The number of hydrogen-bond donors (Lipinski definition) is 0. The van der Waals surface area contributed by atoms with E-state index in [1.807, 2.05) is 13.0 Å². The van der Waals surface area contributed by atoms with Crippen LogP contribution >= 0.6 is 0 Å². The van der Waals surface area contributed by atoms with E-state index in [9.17, 15) is 4.79 Å². The lowest BCUT2D eigenvalue weighted by Gasteiger charge is -2.10. The van der Waals surface area contributed by atoms with Crippen molar-refractivity contribution in [2.24, 2.45) is 0 Å². The van der Waals surface area contributed by atoms with Crippen LogP contribution in [0.5, 0.6) is 0 Å². The van der Waals surface area contributed by atoms with Crippen molar-refractivity contribution in [2.75, 3.05) is 0 Å². The fraction of sp³-hybridized carbons (Fsp3) is 0.308. The summed E-state index contributed by atoms with van der Waals surface area (Å²) in [6, 6.07) is 8.85. The lowest BCUT2D eigenvalue weighted by molar-refractivity contribution is 0.0396. The first-order chi connectivity index (χ1) is 7.27. The van der Waals surface area contributed by atoms with Crippen LogP contribution in [0.3, 0.4) is 0 Å². The number of hydrogen-bond acceptors (Lipinski definition) is 2. The van der Waals surface area contributed by atoms with Crippen LogP contribution in [0.4, 0.5) is 0 Å². The molecule has 1 atom stereocenters. The topological polar surface area (TPSA) is 26.3 Å². The van der Waals surface area contributed by atoms with E-state index >= 15 is 0 Å². The fourth-order valence-electron chi connectivity index (χ4n) is 1.21. The quantitative estimate of drug-likeness (QED) is 0.554. The lowest BCUT2D eigenvalue weighted by Crippen LogP contribution is -2.16. The highest BCUT2D eigenvalue weighted by Crippen LogP contribution is 2.07. The van der Waals surface area contributed by atoms with Crippen LogP contribution in [-0.4, -0.2) is 12.1 Å². The van der Waals surface area contributed by atoms with E-state index in [2.05, 4.69) is 5.92 Å². The Labute approximate surface area is 90.3 Å². The van der Waals surface area contributed by atoms with E-state index < -0.39 is 6.10 Å². The van der Waals surface area contributed by atoms with Gasteiger partial charge in [0.2, 0.25) is 0 Å². The molecule has 1 aromatic rings. The number of carbonyl (C=O) groups is 1. The highest BCUT2D eigenvalue weighted by molar-refractivity contribution is 5.89. The molecule has 0 N–H and O–H groups in total. The Balaban J connectivity index is 2.60. The molecule has 2 nitrogen and oxygen atoms in total. The Morgan fingerprint density at radius 3 is 2.67 bits per heavy atom. The number of terminal acetylenes is 1. The largest absolute Gasteiger partial charge is 0.446 e. The highest BCUT2D eigenvalue weighted by atomic mass is 16.5. The smallest absolute Gasteiger partial charge is 0.339 e. The van der Waals surface area contributed by atoms with Gasteiger partial charge in [0.25, 0.3) is 0 Å². The molecule has 0 aliphatic heterocycles. The zero-order valence-corrected chi connectivity index (χ0v) is 8.77. The van der Waals surface area contributed by atoms with Crippen LogP contribution in [0.15, 0.2) is 30.3 Å². The van der Waals surface area contributed by atoms with E-state index in [1.54, 1.807) is 24.3 Å². The maximum Gasteiger partial charge on any atom is 0.339 e. The van der Waals surface area contributed by atoms with E-state index in [0.29, 0.717) is 12.0 Å². The SMILES string of the molecule is C#C[C@H](CCC)OC(=O)c1ccccc1. The third-order valence-electron chi connectivity index (χ3n) is 2.00. The van der Waals surface area contributed by atoms with Gasteiger partial charge < -0.3 is 4.74 Å². The molecule has 15 heavy (non-hydrogen) atoms. The van der Waals surface area contributed by atoms with Crippen LogP contribution in [-0.2, 0) is 4.74 Å². The average molecular weight is 202 g/mol. The van der Waals surface area contributed by atoms with Gasteiger partial charge in [0.05, 0.1) is 5.56 Å². The summed E-state index contributed by atoms with van der Waals surface area (Å²) < 4.78 is 5.15. The van der Waals surface area contributed by atoms with Crippen molar-refractivity contribution in [1.82, 2.24) is 0 Å². The minimum atomic E-state index is -0.414. The summed E-state index contributed by atoms with van der Waals surface area (Å²) in [7, 11) is 0. The van der Waals surface area contributed by atoms with Gasteiger partial charge in [0.1, 0.15) is 0 Å². The van der Waals surface area contributed by atoms with E-state index in [4.69, 9.17) is 11.2 Å². The van der Waals surface area contributed by atoms with Gasteiger partial charge in [-0.3, -0.25) is 0 Å². The molecular formula is C13H14O2. The molecule has 0 amide bonds. The average Bonchev–Trinajstić information content (AvgIpc) is 2.29. The van der Waals surface area contributed by atoms with Crippen molar-refractivity contribution in [2.45, 2.75) is 25.9 Å². The molecule has 0 aliphatic rings. The number of rotatable bonds is 4. The first-order valence-corrected chi connectivity index (χ1v) is 5.00. The van der Waals surface area contributed by atoms with Gasteiger partial charge in [-0.05, 0) is 18.6 Å². The molecule has 1 rings (SSSR count). The van der Waals surface area contributed by atoms with Crippen molar-refractivity contribution < 1.29 is 9.53 Å². The Bertz CT molecular complexity index is 349. The number of carbonyl (C=O) groups excluding carboxylic acids is 1. The monoisotopic (exact) mass is 202 g/mol. The molecule has 0 radical (unpaired) electrons. The van der Waals surface area contributed by atoms with Gasteiger partial charge in [-0.1, -0.05) is 37.5 Å². The minimum Gasteiger partial charge on any atom is -0.446 e. The van der Waals surface area contributed by atoms with Crippen LogP contribution < -0.4 is 0 Å². The highest BCUT2D eigenvalue weighted by Gasteiger charge is 2.12. The lowest BCUT2D eigenvalue weighted by atomic mass is 10.2. The van der Waals surface area contributed by atoms with Gasteiger partial charge in [-0.2, -0.15) is 0 Å². The summed E-state index contributed by atoms with van der Waals surface area (Å²) >= 11 is 0. The Morgan fingerprint density at radius 1 is 1.47 bits per heavy atom. The molecule has 0 aromatic heterocycles. The summed E-state index contributed by atoms with van der Waals surface area (Å²) in [5.41, 5.74) is 0.536. The molecule has 0 unspecified atom stereocenters. The zero-order chi connectivity index (χ0) is 11.1. The molecule has 0 bridgehead atoms. The molecular weight excluding hydrogens is 188 g/mol. The van der Waals surface area contributed by atoms with Crippen LogP contribution in [0.25, 0.3) is 0 Å². The fourth-order valence-corrected chi connectivity index (χ4v) is 1.21. The first-order valence-electron chi connectivity index (χ1n) is 5.00. The molecule has 0 fully saturated rings. The maximum atomic E-state index is 11.6. The van der Waals surface area contributed by atoms with Crippen molar-refractivity contribution in [3.63, 3.8) is 0 Å². The summed E-state index contributed by atoms with van der Waals surface area (Å²) in [6.07, 6.45) is 6.45. The third-order valence-corrected chi connectivity index (χ3v) is 2.00. The number of benzene rings is 1. The van der Waals surface area contributed by atoms with Crippen molar-refractivity contribution in [3.05, 3.63) is 35.9 Å². The molecule has 78 valence electrons. The predicted molar refractivity (Wildman–Crippen MR) is 59.4 cm³/mol. The Kier molecular flexibility index (Phi) is 4.43. The minimum absolute atomic E-state index is 0.355. The summed E-state index contributed by atoms with van der Waals surface area (Å²) in [6.45, 7) is 2.00. The van der Waals surface area contributed by atoms with E-state index in [0.717, 1.165) is 6.42 Å². The zero-order valence-electron chi connectivity index (χ0n) is 8.77. The van der Waals surface area contributed by atoms with Crippen LogP contribution in [0.1, 0.15) is 30.1 Å². The second-order valence-electron chi connectivity index (χ2n) is 3.22. The summed E-state index contributed by atoms with van der Waals surface area (Å²) in [5.74, 6) is 2.11. The van der Waals surface area contributed by atoms with Gasteiger partial charge in [0.15, 0.2) is 6.10 Å². The van der Waals surface area contributed by atoms with E-state index in [1.165, 1.54) is 0 Å². The van der Waals surface area contributed by atoms with Crippen LogP contribution in [0, 0.1) is 12.3 Å². The van der Waals surface area contributed by atoms with E-state index in [-0.39, 0.29) is 5.97 Å². The molecule has 0 aliphatic carbocycles. The van der Waals surface area contributed by atoms with Gasteiger partial charge in [0, 0.05) is 0 Å². The molecule has 0 spiro atoms. The third kappa shape index (κ3) is 3.47. The first kappa shape index (κ1) is 11.3. The second-order valence-corrected chi connectivity index (χ2v) is 3.22. The van der Waals surface area contributed by atoms with Crippen LogP contribution in [0.2, 0.25) is 0 Å². The Hall–Kier alpha value is -1.75. The standard InChI is InChI=1S/C13H14O2/c1-3-8-12(4-2)15-13(14)11-9-6-5-7-10-11/h2,5-7,9-10,12H,3,8H2,1H3/t12-/m1/s1. The van der Waals surface area contributed by atoms with Gasteiger partial charge in [-0.15, -0.1) is 6.42 Å². The van der Waals surface area contributed by atoms with Crippen molar-refractivity contribution >= 4 is 5.97 Å². The van der Waals surface area contributed by atoms with Crippen molar-refractivity contribution in [1.29, 1.82) is 0 Å².